The molecule has 0 aliphatic heterocycles. The summed E-state index contributed by atoms with van der Waals surface area (Å²) in [6.07, 6.45) is 1.83. The lowest BCUT2D eigenvalue weighted by molar-refractivity contribution is 1.06. The summed E-state index contributed by atoms with van der Waals surface area (Å²) in [6, 6.07) is 59.8. The van der Waals surface area contributed by atoms with Crippen LogP contribution in [0.3, 0.4) is 0 Å². The lowest BCUT2D eigenvalue weighted by Crippen LogP contribution is -2.02. The minimum atomic E-state index is 0.478. The molecule has 0 atom stereocenters. The van der Waals surface area contributed by atoms with Gasteiger partial charge in [0.25, 0.3) is 0 Å². The maximum atomic E-state index is 5.34. The van der Waals surface area contributed by atoms with Crippen molar-refractivity contribution in [2.45, 2.75) is 0 Å². The molecule has 0 aliphatic rings. The van der Waals surface area contributed by atoms with Crippen molar-refractivity contribution in [3.8, 4) is 67.8 Å². The normalized spacial score (nSPS) is 11.3. The van der Waals surface area contributed by atoms with Crippen molar-refractivity contribution < 1.29 is 0 Å². The molecule has 6 aromatic carbocycles. The smallest absolute Gasteiger partial charge is 0.182 e. The summed E-state index contributed by atoms with van der Waals surface area (Å²) < 4.78 is 0. The minimum absolute atomic E-state index is 0.478. The molecule has 0 N–H and O–H groups in total. The average Bonchev–Trinajstić information content (AvgIpc) is 3.26. The molecule has 0 unspecified atom stereocenters. The molecule has 54 heavy (non-hydrogen) atoms. The fraction of sp³-hybridized carbons (Fsp3) is 0. The van der Waals surface area contributed by atoms with Crippen molar-refractivity contribution >= 4 is 32.7 Å². The quantitative estimate of drug-likeness (QED) is 0.162. The standard InChI is InChI=1S/C48H30N6/c1-4-13-31(14-5-1)40-30-42(51-45-39(40)26-24-34-25-27-41(50-44(34)45)32-15-6-2-7-16-32)48-53-46(35-17-8-3-9-18-35)52-47(54-48)37-21-10-20-36(29-37)38-23-11-19-33-22-12-28-49-43(33)38/h1-30H. The first kappa shape index (κ1) is 31.3. The van der Waals surface area contributed by atoms with Gasteiger partial charge in [-0.3, -0.25) is 4.98 Å². The molecule has 0 saturated heterocycles. The van der Waals surface area contributed by atoms with Gasteiger partial charge in [0.1, 0.15) is 5.69 Å². The van der Waals surface area contributed by atoms with Crippen LogP contribution in [0.5, 0.6) is 0 Å². The van der Waals surface area contributed by atoms with Gasteiger partial charge in [-0.25, -0.2) is 24.9 Å². The zero-order chi connectivity index (χ0) is 35.8. The number of benzene rings is 6. The van der Waals surface area contributed by atoms with E-state index in [9.17, 15) is 0 Å². The third-order valence-corrected chi connectivity index (χ3v) is 9.75. The second-order valence-corrected chi connectivity index (χ2v) is 13.2. The summed E-state index contributed by atoms with van der Waals surface area (Å²) in [6.45, 7) is 0. The Bertz CT molecular complexity index is 2980. The lowest BCUT2D eigenvalue weighted by atomic mass is 9.98. The van der Waals surface area contributed by atoms with Gasteiger partial charge in [0.2, 0.25) is 0 Å². The third-order valence-electron chi connectivity index (χ3n) is 9.75. The molecule has 10 aromatic rings. The SMILES string of the molecule is c1ccc(-c2ccc3ccc4c(-c5ccccc5)cc(-c5nc(-c6ccccc6)nc(-c6cccc(-c7cccc8cccnc78)c6)n5)nc4c3n2)cc1. The maximum Gasteiger partial charge on any atom is 0.182 e. The number of para-hydroxylation sites is 1. The van der Waals surface area contributed by atoms with Crippen molar-refractivity contribution in [1.29, 1.82) is 0 Å². The van der Waals surface area contributed by atoms with Gasteiger partial charge in [0, 0.05) is 44.6 Å². The van der Waals surface area contributed by atoms with Crippen LogP contribution < -0.4 is 0 Å². The Morgan fingerprint density at radius 2 is 0.889 bits per heavy atom. The van der Waals surface area contributed by atoms with E-state index in [-0.39, 0.29) is 0 Å². The molecule has 252 valence electrons. The van der Waals surface area contributed by atoms with Crippen molar-refractivity contribution in [2.75, 3.05) is 0 Å². The Labute approximate surface area is 311 Å². The predicted molar refractivity (Wildman–Crippen MR) is 218 cm³/mol. The molecule has 0 saturated carbocycles. The third kappa shape index (κ3) is 5.72. The highest BCUT2D eigenvalue weighted by Crippen LogP contribution is 2.36. The Morgan fingerprint density at radius 1 is 0.296 bits per heavy atom. The molecule has 4 heterocycles. The molecule has 0 fully saturated rings. The van der Waals surface area contributed by atoms with E-state index in [1.165, 1.54) is 0 Å². The minimum Gasteiger partial charge on any atom is -0.256 e. The van der Waals surface area contributed by atoms with Gasteiger partial charge in [0.15, 0.2) is 17.5 Å². The van der Waals surface area contributed by atoms with Gasteiger partial charge in [0.05, 0.1) is 22.2 Å². The van der Waals surface area contributed by atoms with Crippen molar-refractivity contribution in [2.24, 2.45) is 0 Å². The molecule has 6 heteroatoms. The summed E-state index contributed by atoms with van der Waals surface area (Å²) in [4.78, 5) is 30.6. The molecule has 0 aliphatic carbocycles. The fourth-order valence-corrected chi connectivity index (χ4v) is 7.11. The predicted octanol–water partition coefficient (Wildman–Crippen LogP) is 11.5. The van der Waals surface area contributed by atoms with Crippen LogP contribution in [0.1, 0.15) is 0 Å². The maximum absolute atomic E-state index is 5.34. The Hall–Kier alpha value is -7.44. The first-order valence-corrected chi connectivity index (χ1v) is 17.9. The average molecular weight is 691 g/mol. The highest BCUT2D eigenvalue weighted by molar-refractivity contribution is 6.09. The Kier molecular flexibility index (Phi) is 7.69. The van der Waals surface area contributed by atoms with E-state index in [1.807, 2.05) is 79.0 Å². The molecular weight excluding hydrogens is 661 g/mol. The number of fused-ring (bicyclic) bond motifs is 4. The van der Waals surface area contributed by atoms with E-state index < -0.39 is 0 Å². The van der Waals surface area contributed by atoms with E-state index in [0.717, 1.165) is 77.3 Å². The summed E-state index contributed by atoms with van der Waals surface area (Å²) >= 11 is 0. The van der Waals surface area contributed by atoms with Crippen LogP contribution >= 0.6 is 0 Å². The van der Waals surface area contributed by atoms with E-state index in [2.05, 4.69) is 103 Å². The van der Waals surface area contributed by atoms with Crippen molar-refractivity contribution in [3.63, 3.8) is 0 Å². The Morgan fingerprint density at radius 3 is 1.69 bits per heavy atom. The zero-order valence-electron chi connectivity index (χ0n) is 29.0. The van der Waals surface area contributed by atoms with Crippen molar-refractivity contribution in [1.82, 2.24) is 29.9 Å². The highest BCUT2D eigenvalue weighted by atomic mass is 15.0. The van der Waals surface area contributed by atoms with Gasteiger partial charge < -0.3 is 0 Å². The molecule has 6 nitrogen and oxygen atoms in total. The van der Waals surface area contributed by atoms with Crippen LogP contribution in [0.25, 0.3) is 101 Å². The molecule has 4 aromatic heterocycles. The first-order valence-electron chi connectivity index (χ1n) is 17.9. The molecule has 0 amide bonds. The summed E-state index contributed by atoms with van der Waals surface area (Å²) in [5.41, 5.74) is 11.1. The number of pyridine rings is 3. The van der Waals surface area contributed by atoms with Crippen LogP contribution in [0.4, 0.5) is 0 Å². The zero-order valence-corrected chi connectivity index (χ0v) is 29.0. The van der Waals surface area contributed by atoms with Gasteiger partial charge in [-0.2, -0.15) is 0 Å². The summed E-state index contributed by atoms with van der Waals surface area (Å²) in [5.74, 6) is 1.60. The largest absolute Gasteiger partial charge is 0.256 e. The number of nitrogens with zero attached hydrogens (tertiary/aromatic N) is 6. The summed E-state index contributed by atoms with van der Waals surface area (Å²) in [7, 11) is 0. The number of hydrogen-bond acceptors (Lipinski definition) is 6. The molecular formula is C48H30N6. The molecule has 0 radical (unpaired) electrons. The molecule has 0 bridgehead atoms. The van der Waals surface area contributed by atoms with Crippen LogP contribution in [0, 0.1) is 0 Å². The van der Waals surface area contributed by atoms with Crippen molar-refractivity contribution in [3.05, 3.63) is 182 Å². The molecule has 0 spiro atoms. The van der Waals surface area contributed by atoms with Crippen LogP contribution in [-0.2, 0) is 0 Å². The monoisotopic (exact) mass is 690 g/mol. The van der Waals surface area contributed by atoms with Gasteiger partial charge in [-0.15, -0.1) is 0 Å². The second kappa shape index (κ2) is 13.3. The fourth-order valence-electron chi connectivity index (χ4n) is 7.11. The van der Waals surface area contributed by atoms with E-state index in [1.54, 1.807) is 0 Å². The van der Waals surface area contributed by atoms with E-state index in [4.69, 9.17) is 29.9 Å². The van der Waals surface area contributed by atoms with Crippen LogP contribution in [0.2, 0.25) is 0 Å². The Balaban J connectivity index is 1.21. The van der Waals surface area contributed by atoms with Gasteiger partial charge in [-0.05, 0) is 41.0 Å². The highest BCUT2D eigenvalue weighted by Gasteiger charge is 2.18. The van der Waals surface area contributed by atoms with Crippen LogP contribution in [0.15, 0.2) is 182 Å². The first-order chi connectivity index (χ1) is 26.7. The lowest BCUT2D eigenvalue weighted by Gasteiger charge is -2.14. The molecule has 10 rings (SSSR count). The van der Waals surface area contributed by atoms with E-state index in [0.29, 0.717) is 23.2 Å². The van der Waals surface area contributed by atoms with E-state index >= 15 is 0 Å². The number of aromatic nitrogens is 6. The topological polar surface area (TPSA) is 77.3 Å². The van der Waals surface area contributed by atoms with Crippen LogP contribution in [-0.4, -0.2) is 29.9 Å². The number of rotatable bonds is 6. The second-order valence-electron chi connectivity index (χ2n) is 13.2. The van der Waals surface area contributed by atoms with Gasteiger partial charge >= 0.3 is 0 Å². The summed E-state index contributed by atoms with van der Waals surface area (Å²) in [5, 5.41) is 3.10. The number of hydrogen-bond donors (Lipinski definition) is 0. The van der Waals surface area contributed by atoms with Gasteiger partial charge in [-0.1, -0.05) is 152 Å².